The van der Waals surface area contributed by atoms with Crippen molar-refractivity contribution in [2.24, 2.45) is 5.92 Å². The molecule has 0 fully saturated rings. The summed E-state index contributed by atoms with van der Waals surface area (Å²) in [5.74, 6) is 0.393. The molecule has 0 atom stereocenters. The van der Waals surface area contributed by atoms with Crippen molar-refractivity contribution in [3.63, 3.8) is 0 Å². The lowest BCUT2D eigenvalue weighted by Crippen LogP contribution is -2.44. The highest BCUT2D eigenvalue weighted by atomic mass is 16.3. The molecule has 0 aromatic carbocycles. The van der Waals surface area contributed by atoms with Crippen LogP contribution in [0.15, 0.2) is 0 Å². The third-order valence-corrected chi connectivity index (χ3v) is 1.69. The van der Waals surface area contributed by atoms with E-state index in [0.717, 1.165) is 0 Å². The average molecular weight is 204 g/mol. The third-order valence-electron chi connectivity index (χ3n) is 1.69. The van der Waals surface area contributed by atoms with Crippen molar-refractivity contribution in [2.45, 2.75) is 13.8 Å². The monoisotopic (exact) mass is 204 g/mol. The van der Waals surface area contributed by atoms with Gasteiger partial charge in [0, 0.05) is 19.6 Å². The molecule has 0 saturated carbocycles. The van der Waals surface area contributed by atoms with Gasteiger partial charge >= 0.3 is 6.03 Å². The Morgan fingerprint density at radius 3 is 2.14 bits per heavy atom. The van der Waals surface area contributed by atoms with Crippen LogP contribution in [-0.4, -0.2) is 54.0 Å². The Bertz CT molecular complexity index is 156. The molecule has 14 heavy (non-hydrogen) atoms. The maximum atomic E-state index is 11.4. The van der Waals surface area contributed by atoms with Crippen molar-refractivity contribution in [3.8, 4) is 0 Å². The van der Waals surface area contributed by atoms with Gasteiger partial charge < -0.3 is 20.4 Å². The first-order chi connectivity index (χ1) is 6.61. The standard InChI is InChI=1S/C9H20N2O3/c1-8(2)7-10-9(14)11(3-5-12)4-6-13/h8,12-13H,3-7H2,1-2H3,(H,10,14). The second-order valence-corrected chi connectivity index (χ2v) is 3.51. The zero-order valence-corrected chi connectivity index (χ0v) is 8.86. The minimum atomic E-state index is -0.234. The summed E-state index contributed by atoms with van der Waals surface area (Å²) < 4.78 is 0. The second kappa shape index (κ2) is 7.58. The number of hydrogen-bond acceptors (Lipinski definition) is 3. The molecular formula is C9H20N2O3. The van der Waals surface area contributed by atoms with Crippen molar-refractivity contribution in [2.75, 3.05) is 32.8 Å². The number of carbonyl (C=O) groups is 1. The van der Waals surface area contributed by atoms with Crippen LogP contribution in [-0.2, 0) is 0 Å². The molecule has 0 spiro atoms. The number of nitrogens with one attached hydrogen (secondary N) is 1. The highest BCUT2D eigenvalue weighted by Crippen LogP contribution is 1.92. The Labute approximate surface area is 84.7 Å². The zero-order chi connectivity index (χ0) is 11.0. The van der Waals surface area contributed by atoms with Gasteiger partial charge in [-0.1, -0.05) is 13.8 Å². The summed E-state index contributed by atoms with van der Waals surface area (Å²) >= 11 is 0. The van der Waals surface area contributed by atoms with E-state index in [2.05, 4.69) is 5.32 Å². The van der Waals surface area contributed by atoms with Gasteiger partial charge in [0.25, 0.3) is 0 Å². The predicted molar refractivity (Wildman–Crippen MR) is 54.0 cm³/mol. The lowest BCUT2D eigenvalue weighted by Gasteiger charge is -2.21. The molecule has 0 aliphatic rings. The summed E-state index contributed by atoms with van der Waals surface area (Å²) in [5.41, 5.74) is 0. The molecule has 5 heteroatoms. The zero-order valence-electron chi connectivity index (χ0n) is 8.86. The summed E-state index contributed by atoms with van der Waals surface area (Å²) in [7, 11) is 0. The largest absolute Gasteiger partial charge is 0.395 e. The van der Waals surface area contributed by atoms with Crippen molar-refractivity contribution in [3.05, 3.63) is 0 Å². The van der Waals surface area contributed by atoms with Gasteiger partial charge in [-0.2, -0.15) is 0 Å². The number of nitrogens with zero attached hydrogens (tertiary/aromatic N) is 1. The predicted octanol–water partition coefficient (Wildman–Crippen LogP) is -0.361. The molecule has 0 radical (unpaired) electrons. The summed E-state index contributed by atoms with van der Waals surface area (Å²) in [5, 5.41) is 20.1. The van der Waals surface area contributed by atoms with Gasteiger partial charge in [0.1, 0.15) is 0 Å². The Morgan fingerprint density at radius 1 is 1.29 bits per heavy atom. The number of amides is 2. The molecule has 5 nitrogen and oxygen atoms in total. The van der Waals surface area contributed by atoms with Gasteiger partial charge in [-0.05, 0) is 5.92 Å². The van der Waals surface area contributed by atoms with E-state index in [1.807, 2.05) is 13.8 Å². The van der Waals surface area contributed by atoms with Crippen molar-refractivity contribution >= 4 is 6.03 Å². The van der Waals surface area contributed by atoms with Gasteiger partial charge in [-0.25, -0.2) is 4.79 Å². The molecule has 0 aromatic heterocycles. The molecule has 0 saturated heterocycles. The topological polar surface area (TPSA) is 72.8 Å². The Balaban J connectivity index is 3.88. The summed E-state index contributed by atoms with van der Waals surface area (Å²) in [6, 6.07) is -0.234. The Morgan fingerprint density at radius 2 is 1.79 bits per heavy atom. The van der Waals surface area contributed by atoms with Crippen LogP contribution in [0.1, 0.15) is 13.8 Å². The lowest BCUT2D eigenvalue weighted by molar-refractivity contribution is 0.157. The number of rotatable bonds is 6. The first kappa shape index (κ1) is 13.2. The SMILES string of the molecule is CC(C)CNC(=O)N(CCO)CCO. The van der Waals surface area contributed by atoms with Gasteiger partial charge in [0.15, 0.2) is 0 Å². The molecule has 0 aromatic rings. The van der Waals surface area contributed by atoms with Crippen LogP contribution in [0.25, 0.3) is 0 Å². The first-order valence-corrected chi connectivity index (χ1v) is 4.86. The molecule has 0 aliphatic heterocycles. The minimum absolute atomic E-state index is 0.0882. The van der Waals surface area contributed by atoms with Gasteiger partial charge in [0.2, 0.25) is 0 Å². The molecule has 0 unspecified atom stereocenters. The van der Waals surface area contributed by atoms with Crippen molar-refractivity contribution in [1.82, 2.24) is 10.2 Å². The summed E-state index contributed by atoms with van der Waals surface area (Å²) in [6.07, 6.45) is 0. The number of carbonyl (C=O) groups excluding carboxylic acids is 1. The Kier molecular flexibility index (Phi) is 7.14. The molecule has 2 amide bonds. The molecule has 3 N–H and O–H groups in total. The van der Waals surface area contributed by atoms with Crippen LogP contribution in [0.3, 0.4) is 0 Å². The number of aliphatic hydroxyl groups excluding tert-OH is 2. The molecule has 0 aliphatic carbocycles. The summed E-state index contributed by atoms with van der Waals surface area (Å²) in [6.45, 7) is 4.94. The molecule has 0 rings (SSSR count). The van der Waals surface area contributed by atoms with Gasteiger partial charge in [0.05, 0.1) is 13.2 Å². The van der Waals surface area contributed by atoms with Crippen LogP contribution in [0.2, 0.25) is 0 Å². The fourth-order valence-electron chi connectivity index (χ4n) is 0.960. The van der Waals surface area contributed by atoms with E-state index < -0.39 is 0 Å². The molecule has 84 valence electrons. The van der Waals surface area contributed by atoms with E-state index in [9.17, 15) is 4.79 Å². The van der Waals surface area contributed by atoms with Crippen LogP contribution in [0.5, 0.6) is 0 Å². The van der Waals surface area contributed by atoms with Crippen LogP contribution >= 0.6 is 0 Å². The van der Waals surface area contributed by atoms with E-state index in [1.54, 1.807) is 0 Å². The minimum Gasteiger partial charge on any atom is -0.395 e. The second-order valence-electron chi connectivity index (χ2n) is 3.51. The maximum absolute atomic E-state index is 11.4. The fraction of sp³-hybridized carbons (Fsp3) is 0.889. The van der Waals surface area contributed by atoms with E-state index in [1.165, 1.54) is 4.90 Å². The number of hydrogen-bond donors (Lipinski definition) is 3. The fourth-order valence-corrected chi connectivity index (χ4v) is 0.960. The Hall–Kier alpha value is -0.810. The van der Waals surface area contributed by atoms with E-state index in [0.29, 0.717) is 12.5 Å². The summed E-state index contributed by atoms with van der Waals surface area (Å²) in [4.78, 5) is 12.8. The van der Waals surface area contributed by atoms with Crippen molar-refractivity contribution < 1.29 is 15.0 Å². The maximum Gasteiger partial charge on any atom is 0.317 e. The number of aliphatic hydroxyl groups is 2. The average Bonchev–Trinajstić information content (AvgIpc) is 2.14. The molecule has 0 heterocycles. The number of urea groups is 1. The smallest absolute Gasteiger partial charge is 0.317 e. The normalized spacial score (nSPS) is 10.4. The van der Waals surface area contributed by atoms with Gasteiger partial charge in [-0.15, -0.1) is 0 Å². The quantitative estimate of drug-likeness (QED) is 0.553. The van der Waals surface area contributed by atoms with Crippen LogP contribution < -0.4 is 5.32 Å². The molecule has 0 bridgehead atoms. The van der Waals surface area contributed by atoms with Gasteiger partial charge in [-0.3, -0.25) is 0 Å². The highest BCUT2D eigenvalue weighted by molar-refractivity contribution is 5.74. The van der Waals surface area contributed by atoms with E-state index in [-0.39, 0.29) is 32.3 Å². The molecular weight excluding hydrogens is 184 g/mol. The van der Waals surface area contributed by atoms with E-state index in [4.69, 9.17) is 10.2 Å². The third kappa shape index (κ3) is 5.77. The van der Waals surface area contributed by atoms with Crippen LogP contribution in [0.4, 0.5) is 4.79 Å². The van der Waals surface area contributed by atoms with Crippen molar-refractivity contribution in [1.29, 1.82) is 0 Å². The lowest BCUT2D eigenvalue weighted by atomic mass is 10.2. The first-order valence-electron chi connectivity index (χ1n) is 4.86. The van der Waals surface area contributed by atoms with E-state index >= 15 is 0 Å². The van der Waals surface area contributed by atoms with Crippen LogP contribution in [0, 0.1) is 5.92 Å². The highest BCUT2D eigenvalue weighted by Gasteiger charge is 2.11.